The molecule has 3 rings (SSSR count). The van der Waals surface area contributed by atoms with Gasteiger partial charge in [-0.05, 0) is 37.4 Å². The SMILES string of the molecule is CCN1CN(CC)[C@H](c2c(Cl)cccc2Cl)[C@H]1c1c(Cl)cccc1Cl. The Morgan fingerprint density at radius 2 is 1.04 bits per heavy atom. The quantitative estimate of drug-likeness (QED) is 0.546. The molecule has 0 radical (unpaired) electrons. The molecule has 2 nitrogen and oxygen atoms in total. The number of benzene rings is 2. The maximum atomic E-state index is 6.56. The number of rotatable bonds is 4. The van der Waals surface area contributed by atoms with Crippen LogP contribution in [0.25, 0.3) is 0 Å². The average molecular weight is 418 g/mol. The Labute approximate surface area is 169 Å². The molecule has 6 heteroatoms. The molecule has 0 amide bonds. The van der Waals surface area contributed by atoms with Crippen molar-refractivity contribution >= 4 is 46.4 Å². The average Bonchev–Trinajstić information content (AvgIpc) is 2.93. The van der Waals surface area contributed by atoms with Gasteiger partial charge >= 0.3 is 0 Å². The predicted octanol–water partition coefficient (Wildman–Crippen LogP) is 6.70. The topological polar surface area (TPSA) is 6.48 Å². The van der Waals surface area contributed by atoms with Crippen LogP contribution in [0, 0.1) is 0 Å². The summed E-state index contributed by atoms with van der Waals surface area (Å²) in [5.41, 5.74) is 1.87. The van der Waals surface area contributed by atoms with Crippen LogP contribution in [0.15, 0.2) is 36.4 Å². The summed E-state index contributed by atoms with van der Waals surface area (Å²) in [4.78, 5) is 4.72. The van der Waals surface area contributed by atoms with Crippen molar-refractivity contribution < 1.29 is 0 Å². The molecule has 0 unspecified atom stereocenters. The van der Waals surface area contributed by atoms with Crippen LogP contribution in [0.3, 0.4) is 0 Å². The zero-order valence-corrected chi connectivity index (χ0v) is 17.2. The van der Waals surface area contributed by atoms with Gasteiger partial charge in [-0.2, -0.15) is 0 Å². The fraction of sp³-hybridized carbons (Fsp3) is 0.368. The van der Waals surface area contributed by atoms with Crippen molar-refractivity contribution in [3.63, 3.8) is 0 Å². The molecular weight excluding hydrogens is 398 g/mol. The molecule has 0 N–H and O–H groups in total. The lowest BCUT2D eigenvalue weighted by Crippen LogP contribution is -2.26. The van der Waals surface area contributed by atoms with Gasteiger partial charge in [0.2, 0.25) is 0 Å². The van der Waals surface area contributed by atoms with Crippen LogP contribution in [0.2, 0.25) is 20.1 Å². The predicted molar refractivity (Wildman–Crippen MR) is 108 cm³/mol. The van der Waals surface area contributed by atoms with Gasteiger partial charge in [0, 0.05) is 31.2 Å². The molecule has 1 aliphatic rings. The Kier molecular flexibility index (Phi) is 6.20. The van der Waals surface area contributed by atoms with E-state index < -0.39 is 0 Å². The Morgan fingerprint density at radius 3 is 1.32 bits per heavy atom. The van der Waals surface area contributed by atoms with Crippen molar-refractivity contribution in [2.45, 2.75) is 25.9 Å². The Hall–Kier alpha value is -0.480. The van der Waals surface area contributed by atoms with Crippen molar-refractivity contribution in [2.24, 2.45) is 0 Å². The molecular formula is C19H20Cl4N2. The fourth-order valence-electron chi connectivity index (χ4n) is 3.67. The van der Waals surface area contributed by atoms with Gasteiger partial charge in [0.05, 0.1) is 18.8 Å². The minimum atomic E-state index is -0.0106. The van der Waals surface area contributed by atoms with E-state index in [0.29, 0.717) is 20.1 Å². The maximum absolute atomic E-state index is 6.56. The van der Waals surface area contributed by atoms with Crippen molar-refractivity contribution in [1.29, 1.82) is 0 Å². The standard InChI is InChI=1S/C19H20Cl4N2/c1-3-24-11-25(4-2)19(17-14(22)9-6-10-15(17)23)18(24)16-12(20)7-5-8-13(16)21/h5-10,18-19H,3-4,11H2,1-2H3/t18-,19-/m1/s1. The van der Waals surface area contributed by atoms with Crippen LogP contribution in [0.1, 0.15) is 37.1 Å². The van der Waals surface area contributed by atoms with E-state index in [1.165, 1.54) is 0 Å². The third-order valence-electron chi connectivity index (χ3n) is 4.85. The van der Waals surface area contributed by atoms with Crippen LogP contribution in [0.5, 0.6) is 0 Å². The van der Waals surface area contributed by atoms with Crippen molar-refractivity contribution in [1.82, 2.24) is 9.80 Å². The number of hydrogen-bond acceptors (Lipinski definition) is 2. The number of hydrogen-bond donors (Lipinski definition) is 0. The molecule has 1 saturated heterocycles. The molecule has 2 aromatic rings. The van der Waals surface area contributed by atoms with Gasteiger partial charge in [0.25, 0.3) is 0 Å². The minimum absolute atomic E-state index is 0.0106. The summed E-state index contributed by atoms with van der Waals surface area (Å²) < 4.78 is 0. The van der Waals surface area contributed by atoms with Gasteiger partial charge < -0.3 is 0 Å². The lowest BCUT2D eigenvalue weighted by atomic mass is 9.92. The van der Waals surface area contributed by atoms with Crippen molar-refractivity contribution in [3.8, 4) is 0 Å². The first-order chi connectivity index (χ1) is 12.0. The van der Waals surface area contributed by atoms with Gasteiger partial charge in [-0.15, -0.1) is 0 Å². The third kappa shape index (κ3) is 3.53. The van der Waals surface area contributed by atoms with Crippen molar-refractivity contribution in [2.75, 3.05) is 19.8 Å². The van der Waals surface area contributed by atoms with Crippen molar-refractivity contribution in [3.05, 3.63) is 67.6 Å². The third-order valence-corrected chi connectivity index (χ3v) is 6.17. The Bertz CT molecular complexity index is 661. The maximum Gasteiger partial charge on any atom is 0.0588 e. The fourth-order valence-corrected chi connectivity index (χ4v) is 4.91. The number of likely N-dealkylation sites (N-methyl/N-ethyl adjacent to an activating group) is 2. The normalized spacial score (nSPS) is 21.8. The van der Waals surface area contributed by atoms with E-state index in [4.69, 9.17) is 46.4 Å². The monoisotopic (exact) mass is 416 g/mol. The van der Waals surface area contributed by atoms with E-state index in [-0.39, 0.29) is 12.1 Å². The Morgan fingerprint density at radius 1 is 0.720 bits per heavy atom. The number of halogens is 4. The summed E-state index contributed by atoms with van der Waals surface area (Å²) in [6, 6.07) is 11.3. The molecule has 25 heavy (non-hydrogen) atoms. The first-order valence-electron chi connectivity index (χ1n) is 8.35. The van der Waals surface area contributed by atoms with E-state index in [1.54, 1.807) is 0 Å². The van der Waals surface area contributed by atoms with Crippen LogP contribution < -0.4 is 0 Å². The minimum Gasteiger partial charge on any atom is -0.282 e. The lowest BCUT2D eigenvalue weighted by molar-refractivity contribution is 0.233. The summed E-state index contributed by atoms with van der Waals surface area (Å²) in [5.74, 6) is 0. The summed E-state index contributed by atoms with van der Waals surface area (Å²) in [6.45, 7) is 6.85. The summed E-state index contributed by atoms with van der Waals surface area (Å²) in [6.07, 6.45) is 0. The first-order valence-corrected chi connectivity index (χ1v) is 9.86. The highest BCUT2D eigenvalue weighted by Gasteiger charge is 2.43. The molecule has 1 aliphatic heterocycles. The molecule has 1 fully saturated rings. The van der Waals surface area contributed by atoms with Crippen LogP contribution in [0.4, 0.5) is 0 Å². The molecule has 0 saturated carbocycles. The molecule has 0 aromatic heterocycles. The zero-order chi connectivity index (χ0) is 18.1. The molecule has 0 bridgehead atoms. The second-order valence-electron chi connectivity index (χ2n) is 6.11. The summed E-state index contributed by atoms with van der Waals surface area (Å²) in [5, 5.41) is 2.67. The van der Waals surface area contributed by atoms with Gasteiger partial charge in [-0.25, -0.2) is 0 Å². The smallest absolute Gasteiger partial charge is 0.0588 e. The zero-order valence-electron chi connectivity index (χ0n) is 14.1. The van der Waals surface area contributed by atoms with E-state index in [2.05, 4.69) is 23.6 Å². The lowest BCUT2D eigenvalue weighted by Gasteiger charge is -2.31. The molecule has 134 valence electrons. The first kappa shape index (κ1) is 19.3. The second-order valence-corrected chi connectivity index (χ2v) is 7.74. The highest BCUT2D eigenvalue weighted by Crippen LogP contribution is 2.50. The number of nitrogens with zero attached hydrogens (tertiary/aromatic N) is 2. The van der Waals surface area contributed by atoms with Gasteiger partial charge in [0.15, 0.2) is 0 Å². The molecule has 0 spiro atoms. The van der Waals surface area contributed by atoms with E-state index >= 15 is 0 Å². The highest BCUT2D eigenvalue weighted by molar-refractivity contribution is 6.37. The van der Waals surface area contributed by atoms with E-state index in [1.807, 2.05) is 36.4 Å². The van der Waals surface area contributed by atoms with Crippen LogP contribution >= 0.6 is 46.4 Å². The summed E-state index contributed by atoms with van der Waals surface area (Å²) in [7, 11) is 0. The van der Waals surface area contributed by atoms with Crippen LogP contribution in [-0.2, 0) is 0 Å². The van der Waals surface area contributed by atoms with Gasteiger partial charge in [0.1, 0.15) is 0 Å². The van der Waals surface area contributed by atoms with Gasteiger partial charge in [-0.1, -0.05) is 72.4 Å². The molecule has 0 aliphatic carbocycles. The summed E-state index contributed by atoms with van der Waals surface area (Å²) >= 11 is 26.2. The molecule has 2 atom stereocenters. The van der Waals surface area contributed by atoms with E-state index in [9.17, 15) is 0 Å². The van der Waals surface area contributed by atoms with Crippen LogP contribution in [-0.4, -0.2) is 29.6 Å². The molecule has 1 heterocycles. The van der Waals surface area contributed by atoms with E-state index in [0.717, 1.165) is 30.9 Å². The second kappa shape index (κ2) is 8.04. The highest BCUT2D eigenvalue weighted by atomic mass is 35.5. The largest absolute Gasteiger partial charge is 0.282 e. The van der Waals surface area contributed by atoms with Gasteiger partial charge in [-0.3, -0.25) is 9.80 Å². The Balaban J connectivity index is 2.21. The molecule has 2 aromatic carbocycles.